The molecule has 4 heteroatoms. The van der Waals surface area contributed by atoms with Crippen molar-refractivity contribution in [3.8, 4) is 0 Å². The maximum Gasteiger partial charge on any atom is 0.314 e. The summed E-state index contributed by atoms with van der Waals surface area (Å²) in [7, 11) is 1.45. The van der Waals surface area contributed by atoms with Crippen LogP contribution in [0.5, 0.6) is 0 Å². The summed E-state index contributed by atoms with van der Waals surface area (Å²) in [6.07, 6.45) is 3.37. The van der Waals surface area contributed by atoms with E-state index in [1.807, 2.05) is 24.3 Å². The zero-order valence-corrected chi connectivity index (χ0v) is 12.1. The number of esters is 1. The van der Waals surface area contributed by atoms with Crippen molar-refractivity contribution in [1.29, 1.82) is 0 Å². The second-order valence-electron chi connectivity index (χ2n) is 4.61. The average molecular weight is 312 g/mol. The van der Waals surface area contributed by atoms with Gasteiger partial charge in [0, 0.05) is 10.5 Å². The Morgan fingerprint density at radius 1 is 1.50 bits per heavy atom. The monoisotopic (exact) mass is 311 g/mol. The van der Waals surface area contributed by atoms with Crippen LogP contribution < -0.4 is 5.32 Å². The van der Waals surface area contributed by atoms with E-state index in [0.29, 0.717) is 0 Å². The van der Waals surface area contributed by atoms with Crippen LogP contribution in [0.4, 0.5) is 0 Å². The second kappa shape index (κ2) is 6.34. The molecular weight excluding hydrogens is 294 g/mol. The normalized spacial score (nSPS) is 21.3. The SMILES string of the molecule is COC(=O)[C@H](c1cccc(Br)c1)[C@H]1CCCCN1. The molecular formula is C14H18BrNO2. The molecule has 98 valence electrons. The van der Waals surface area contributed by atoms with Crippen LogP contribution in [0.3, 0.4) is 0 Å². The number of rotatable bonds is 3. The summed E-state index contributed by atoms with van der Waals surface area (Å²) in [5, 5.41) is 3.44. The molecule has 1 aliphatic heterocycles. The number of piperidine rings is 1. The fraction of sp³-hybridized carbons (Fsp3) is 0.500. The van der Waals surface area contributed by atoms with E-state index in [-0.39, 0.29) is 17.9 Å². The maximum absolute atomic E-state index is 12.0. The van der Waals surface area contributed by atoms with Crippen molar-refractivity contribution < 1.29 is 9.53 Å². The first-order valence-electron chi connectivity index (χ1n) is 6.29. The van der Waals surface area contributed by atoms with Crippen molar-refractivity contribution in [1.82, 2.24) is 5.32 Å². The van der Waals surface area contributed by atoms with Gasteiger partial charge in [-0.15, -0.1) is 0 Å². The van der Waals surface area contributed by atoms with E-state index < -0.39 is 0 Å². The minimum Gasteiger partial charge on any atom is -0.469 e. The molecule has 18 heavy (non-hydrogen) atoms. The highest BCUT2D eigenvalue weighted by Crippen LogP contribution is 2.28. The van der Waals surface area contributed by atoms with Crippen LogP contribution in [-0.2, 0) is 9.53 Å². The Kier molecular flexibility index (Phi) is 4.78. The van der Waals surface area contributed by atoms with E-state index in [9.17, 15) is 4.79 Å². The molecule has 0 unspecified atom stereocenters. The number of nitrogens with one attached hydrogen (secondary N) is 1. The van der Waals surface area contributed by atoms with Crippen LogP contribution in [0, 0.1) is 0 Å². The first kappa shape index (κ1) is 13.6. The lowest BCUT2D eigenvalue weighted by Gasteiger charge is -2.30. The number of halogens is 1. The molecule has 0 bridgehead atoms. The van der Waals surface area contributed by atoms with E-state index in [1.54, 1.807) is 0 Å². The molecule has 1 N–H and O–H groups in total. The van der Waals surface area contributed by atoms with Gasteiger partial charge in [0.2, 0.25) is 0 Å². The van der Waals surface area contributed by atoms with Crippen molar-refractivity contribution in [2.75, 3.05) is 13.7 Å². The number of carbonyl (C=O) groups is 1. The molecule has 1 fully saturated rings. The molecule has 2 atom stereocenters. The van der Waals surface area contributed by atoms with Gasteiger partial charge in [0.05, 0.1) is 13.0 Å². The summed E-state index contributed by atoms with van der Waals surface area (Å²) >= 11 is 3.45. The number of carbonyl (C=O) groups excluding carboxylic acids is 1. The predicted octanol–water partition coefficient (Wildman–Crippen LogP) is 2.85. The average Bonchev–Trinajstić information content (AvgIpc) is 2.40. The zero-order valence-electron chi connectivity index (χ0n) is 10.5. The summed E-state index contributed by atoms with van der Waals surface area (Å²) in [4.78, 5) is 12.0. The third-order valence-electron chi connectivity index (χ3n) is 3.41. The number of hydrogen-bond donors (Lipinski definition) is 1. The molecule has 0 aromatic heterocycles. The zero-order chi connectivity index (χ0) is 13.0. The predicted molar refractivity (Wildman–Crippen MR) is 74.5 cm³/mol. The first-order valence-corrected chi connectivity index (χ1v) is 7.08. The van der Waals surface area contributed by atoms with Crippen LogP contribution in [0.1, 0.15) is 30.7 Å². The fourth-order valence-electron chi connectivity index (χ4n) is 2.52. The summed E-state index contributed by atoms with van der Waals surface area (Å²) in [6.45, 7) is 0.978. The molecule has 1 aromatic rings. The van der Waals surface area contributed by atoms with E-state index in [2.05, 4.69) is 21.2 Å². The fourth-order valence-corrected chi connectivity index (χ4v) is 2.94. The minimum atomic E-state index is -0.215. The summed E-state index contributed by atoms with van der Waals surface area (Å²) in [5.74, 6) is -0.375. The molecule has 3 nitrogen and oxygen atoms in total. The van der Waals surface area contributed by atoms with Crippen LogP contribution in [-0.4, -0.2) is 25.7 Å². The topological polar surface area (TPSA) is 38.3 Å². The number of methoxy groups -OCH3 is 1. The molecule has 1 aliphatic rings. The molecule has 1 saturated heterocycles. The second-order valence-corrected chi connectivity index (χ2v) is 5.53. The van der Waals surface area contributed by atoms with E-state index in [4.69, 9.17) is 4.74 Å². The Labute approximate surface area is 116 Å². The molecule has 0 radical (unpaired) electrons. The van der Waals surface area contributed by atoms with Crippen molar-refractivity contribution in [3.05, 3.63) is 34.3 Å². The van der Waals surface area contributed by atoms with Crippen molar-refractivity contribution in [2.24, 2.45) is 0 Å². The van der Waals surface area contributed by atoms with Gasteiger partial charge in [-0.1, -0.05) is 34.5 Å². The lowest BCUT2D eigenvalue weighted by atomic mass is 9.86. The third kappa shape index (κ3) is 3.12. The smallest absolute Gasteiger partial charge is 0.314 e. The first-order chi connectivity index (χ1) is 8.72. The molecule has 0 aliphatic carbocycles. The number of ether oxygens (including phenoxy) is 1. The van der Waals surface area contributed by atoms with Crippen LogP contribution in [0.25, 0.3) is 0 Å². The standard InChI is InChI=1S/C14H18BrNO2/c1-18-14(17)13(12-7-2-3-8-16-12)10-5-4-6-11(15)9-10/h4-6,9,12-13,16H,2-3,7-8H2,1H3/t12-,13-/m1/s1. The van der Waals surface area contributed by atoms with Crippen LogP contribution in [0.2, 0.25) is 0 Å². The van der Waals surface area contributed by atoms with Gasteiger partial charge >= 0.3 is 5.97 Å². The Hall–Kier alpha value is -0.870. The lowest BCUT2D eigenvalue weighted by molar-refractivity contribution is -0.143. The van der Waals surface area contributed by atoms with Crippen LogP contribution >= 0.6 is 15.9 Å². The van der Waals surface area contributed by atoms with Gasteiger partial charge in [0.25, 0.3) is 0 Å². The van der Waals surface area contributed by atoms with Gasteiger partial charge in [0.15, 0.2) is 0 Å². The van der Waals surface area contributed by atoms with Crippen molar-refractivity contribution in [2.45, 2.75) is 31.2 Å². The molecule has 0 amide bonds. The summed E-state index contributed by atoms with van der Waals surface area (Å²) < 4.78 is 5.96. The Balaban J connectivity index is 2.26. The molecule has 1 aromatic carbocycles. The Morgan fingerprint density at radius 2 is 2.33 bits per heavy atom. The van der Waals surface area contributed by atoms with Gasteiger partial charge < -0.3 is 10.1 Å². The molecule has 0 saturated carbocycles. The number of benzene rings is 1. The Bertz CT molecular complexity index is 416. The highest BCUT2D eigenvalue weighted by atomic mass is 79.9. The van der Waals surface area contributed by atoms with Crippen molar-refractivity contribution >= 4 is 21.9 Å². The largest absolute Gasteiger partial charge is 0.469 e. The van der Waals surface area contributed by atoms with Gasteiger partial charge in [-0.3, -0.25) is 4.79 Å². The minimum absolute atomic E-state index is 0.160. The molecule has 2 rings (SSSR count). The molecule has 1 heterocycles. The number of hydrogen-bond acceptors (Lipinski definition) is 3. The summed E-state index contributed by atoms with van der Waals surface area (Å²) in [6, 6.07) is 8.09. The quantitative estimate of drug-likeness (QED) is 0.872. The van der Waals surface area contributed by atoms with Gasteiger partial charge in [0.1, 0.15) is 0 Å². The van der Waals surface area contributed by atoms with Gasteiger partial charge in [-0.05, 0) is 37.1 Å². The summed E-state index contributed by atoms with van der Waals surface area (Å²) in [5.41, 5.74) is 1.01. The molecule has 0 spiro atoms. The van der Waals surface area contributed by atoms with E-state index >= 15 is 0 Å². The maximum atomic E-state index is 12.0. The van der Waals surface area contributed by atoms with Gasteiger partial charge in [-0.25, -0.2) is 0 Å². The lowest BCUT2D eigenvalue weighted by Crippen LogP contribution is -2.42. The van der Waals surface area contributed by atoms with Crippen LogP contribution in [0.15, 0.2) is 28.7 Å². The van der Waals surface area contributed by atoms with E-state index in [0.717, 1.165) is 23.0 Å². The van der Waals surface area contributed by atoms with Crippen molar-refractivity contribution in [3.63, 3.8) is 0 Å². The Morgan fingerprint density at radius 3 is 2.94 bits per heavy atom. The highest BCUT2D eigenvalue weighted by Gasteiger charge is 2.31. The van der Waals surface area contributed by atoms with Gasteiger partial charge in [-0.2, -0.15) is 0 Å². The van der Waals surface area contributed by atoms with E-state index in [1.165, 1.54) is 20.0 Å². The third-order valence-corrected chi connectivity index (χ3v) is 3.91. The highest BCUT2D eigenvalue weighted by molar-refractivity contribution is 9.10.